The zero-order valence-electron chi connectivity index (χ0n) is 10.7. The van der Waals surface area contributed by atoms with Gasteiger partial charge < -0.3 is 0 Å². The molecule has 0 heterocycles. The summed E-state index contributed by atoms with van der Waals surface area (Å²) in [5, 5.41) is 0. The molecule has 0 aliphatic heterocycles. The molecule has 0 saturated heterocycles. The number of hydrogen-bond donors (Lipinski definition) is 0. The van der Waals surface area contributed by atoms with E-state index in [0.717, 1.165) is 20.1 Å². The number of hydrogen-bond acceptors (Lipinski definition) is 2. The molecular weight excluding hydrogens is 534 g/mol. The van der Waals surface area contributed by atoms with E-state index in [9.17, 15) is 0 Å². The fraction of sp³-hybridized carbons (Fsp3) is 0.143. The average Bonchev–Trinajstić information content (AvgIpc) is 2.49. The molecule has 0 unspecified atom stereocenters. The first kappa shape index (κ1) is 15.5. The first-order valence-electron chi connectivity index (χ1n) is 5.61. The topological polar surface area (TPSA) is 18.5 Å². The first-order chi connectivity index (χ1) is 9.31. The average molecular weight is 548 g/mol. The molecular formula is C14H14O2SeTe2. The van der Waals surface area contributed by atoms with Crippen molar-refractivity contribution in [3.05, 3.63) is 48.5 Å². The Morgan fingerprint density at radius 1 is 0.684 bits per heavy atom. The Morgan fingerprint density at radius 3 is 1.37 bits per heavy atom. The van der Waals surface area contributed by atoms with Crippen LogP contribution in [0.15, 0.2) is 48.5 Å². The molecule has 2 nitrogen and oxygen atoms in total. The van der Waals surface area contributed by atoms with Crippen LogP contribution in [0.5, 0.6) is 11.5 Å². The molecule has 0 aliphatic carbocycles. The summed E-state index contributed by atoms with van der Waals surface area (Å²) < 4.78 is 13.5. The van der Waals surface area contributed by atoms with Gasteiger partial charge in [-0.15, -0.1) is 0 Å². The molecule has 2 rings (SSSR count). The summed E-state index contributed by atoms with van der Waals surface area (Å²) in [6.45, 7) is 0. The summed E-state index contributed by atoms with van der Waals surface area (Å²) in [5.41, 5.74) is 0. The van der Waals surface area contributed by atoms with Crippen LogP contribution in [-0.2, 0) is 0 Å². The molecule has 0 amide bonds. The predicted octanol–water partition coefficient (Wildman–Crippen LogP) is 0.597. The van der Waals surface area contributed by atoms with E-state index in [-0.39, 0.29) is 37.4 Å². The number of ether oxygens (including phenoxy) is 2. The third kappa shape index (κ3) is 5.20. The molecule has 100 valence electrons. The second-order valence-electron chi connectivity index (χ2n) is 3.59. The first-order valence-corrected chi connectivity index (χ1v) is 19.2. The third-order valence-electron chi connectivity index (χ3n) is 2.38. The molecule has 0 radical (unpaired) electrons. The van der Waals surface area contributed by atoms with E-state index < -0.39 is 0 Å². The third-order valence-corrected chi connectivity index (χ3v) is 26.3. The van der Waals surface area contributed by atoms with Crippen LogP contribution in [-0.4, -0.2) is 60.2 Å². The zero-order valence-corrected chi connectivity index (χ0v) is 17.0. The van der Waals surface area contributed by atoms with Crippen LogP contribution < -0.4 is 16.7 Å². The minimum atomic E-state index is 0.0212. The number of methoxy groups -OCH3 is 2. The van der Waals surface area contributed by atoms with Gasteiger partial charge in [0, 0.05) is 0 Å². The SMILES string of the molecule is COc1ccc([Te][Se][Te]c2ccc(OC)cc2)cc1. The Kier molecular flexibility index (Phi) is 6.89. The molecule has 0 aliphatic rings. The summed E-state index contributed by atoms with van der Waals surface area (Å²) in [6, 6.07) is 17.2. The second kappa shape index (κ2) is 8.43. The monoisotopic (exact) mass is 554 g/mol. The van der Waals surface area contributed by atoms with Crippen LogP contribution >= 0.6 is 0 Å². The van der Waals surface area contributed by atoms with Crippen molar-refractivity contribution >= 4 is 53.2 Å². The van der Waals surface area contributed by atoms with E-state index in [2.05, 4.69) is 48.5 Å². The summed E-state index contributed by atoms with van der Waals surface area (Å²) >= 11 is 0.0424. The Morgan fingerprint density at radius 2 is 1.05 bits per heavy atom. The molecule has 0 aromatic heterocycles. The van der Waals surface area contributed by atoms with Crippen molar-refractivity contribution in [2.24, 2.45) is 0 Å². The van der Waals surface area contributed by atoms with Gasteiger partial charge in [0.2, 0.25) is 0 Å². The normalized spacial score (nSPS) is 10.2. The van der Waals surface area contributed by atoms with Crippen molar-refractivity contribution in [1.29, 1.82) is 0 Å². The zero-order chi connectivity index (χ0) is 13.5. The van der Waals surface area contributed by atoms with Gasteiger partial charge in [-0.05, 0) is 0 Å². The van der Waals surface area contributed by atoms with Crippen LogP contribution in [0.2, 0.25) is 0 Å². The second-order valence-corrected chi connectivity index (χ2v) is 27.8. The quantitative estimate of drug-likeness (QED) is 0.493. The molecule has 0 saturated carbocycles. The van der Waals surface area contributed by atoms with Gasteiger partial charge in [-0.1, -0.05) is 0 Å². The fourth-order valence-corrected chi connectivity index (χ4v) is 28.1. The van der Waals surface area contributed by atoms with E-state index in [4.69, 9.17) is 9.47 Å². The summed E-state index contributed by atoms with van der Waals surface area (Å²) in [6.07, 6.45) is 0. The number of benzene rings is 2. The van der Waals surface area contributed by atoms with Gasteiger partial charge in [-0.25, -0.2) is 0 Å². The van der Waals surface area contributed by atoms with Gasteiger partial charge >= 0.3 is 137 Å². The summed E-state index contributed by atoms with van der Waals surface area (Å²) in [7, 11) is 4.27. The van der Waals surface area contributed by atoms with Crippen molar-refractivity contribution in [2.75, 3.05) is 14.2 Å². The van der Waals surface area contributed by atoms with Crippen molar-refractivity contribution in [1.82, 2.24) is 0 Å². The molecule has 19 heavy (non-hydrogen) atoms. The Balaban J connectivity index is 1.81. The van der Waals surface area contributed by atoms with Crippen molar-refractivity contribution in [3.8, 4) is 11.5 Å². The summed E-state index contributed by atoms with van der Waals surface area (Å²) in [4.78, 5) is 0. The molecule has 0 atom stereocenters. The van der Waals surface area contributed by atoms with E-state index in [1.807, 2.05) is 0 Å². The van der Waals surface area contributed by atoms with Gasteiger partial charge in [0.1, 0.15) is 0 Å². The van der Waals surface area contributed by atoms with Crippen LogP contribution in [0.25, 0.3) is 0 Å². The van der Waals surface area contributed by atoms with E-state index in [1.54, 1.807) is 21.4 Å². The van der Waals surface area contributed by atoms with Crippen molar-refractivity contribution < 1.29 is 9.47 Å². The Hall–Kier alpha value is 0.139. The minimum absolute atomic E-state index is 0.0212. The standard InChI is InChI=1S/C14H14O2SeTe2/c1-15-11-3-7-13(8-4-11)18-17-19-14-9-5-12(16-2)6-10-14/h3-10H,1-2H3. The molecule has 5 heteroatoms. The van der Waals surface area contributed by atoms with Crippen LogP contribution in [0.4, 0.5) is 0 Å². The van der Waals surface area contributed by atoms with Gasteiger partial charge in [-0.2, -0.15) is 0 Å². The maximum absolute atomic E-state index is 5.18. The van der Waals surface area contributed by atoms with Crippen LogP contribution in [0, 0.1) is 0 Å². The Labute approximate surface area is 135 Å². The molecule has 0 spiro atoms. The van der Waals surface area contributed by atoms with E-state index in [0.29, 0.717) is 0 Å². The van der Waals surface area contributed by atoms with Crippen LogP contribution in [0.1, 0.15) is 0 Å². The Bertz CT molecular complexity index is 452. The molecule has 0 fully saturated rings. The molecule has 2 aromatic carbocycles. The van der Waals surface area contributed by atoms with Gasteiger partial charge in [-0.3, -0.25) is 0 Å². The van der Waals surface area contributed by atoms with E-state index >= 15 is 0 Å². The molecule has 2 aromatic rings. The molecule has 0 N–H and O–H groups in total. The van der Waals surface area contributed by atoms with Gasteiger partial charge in [0.25, 0.3) is 0 Å². The van der Waals surface area contributed by atoms with Crippen molar-refractivity contribution in [2.45, 2.75) is 0 Å². The van der Waals surface area contributed by atoms with Gasteiger partial charge in [0.15, 0.2) is 0 Å². The van der Waals surface area contributed by atoms with Crippen molar-refractivity contribution in [3.63, 3.8) is 0 Å². The number of rotatable bonds is 6. The molecule has 0 bridgehead atoms. The van der Waals surface area contributed by atoms with Crippen LogP contribution in [0.3, 0.4) is 0 Å². The predicted molar refractivity (Wildman–Crippen MR) is 82.5 cm³/mol. The van der Waals surface area contributed by atoms with E-state index in [1.165, 1.54) is 0 Å². The maximum atomic E-state index is 5.18. The summed E-state index contributed by atoms with van der Waals surface area (Å²) in [5.74, 6) is 1.91. The fourth-order valence-electron chi connectivity index (χ4n) is 1.36. The van der Waals surface area contributed by atoms with Gasteiger partial charge in [0.05, 0.1) is 0 Å².